The number of hydrogen-bond donors (Lipinski definition) is 6. The number of aliphatic hydroxyl groups is 3. The van der Waals surface area contributed by atoms with E-state index < -0.39 is 63.5 Å². The smallest absolute Gasteiger partial charge is 0.472 e. The van der Waals surface area contributed by atoms with Crippen LogP contribution >= 0.6 is 7.82 Å². The van der Waals surface area contributed by atoms with E-state index in [1.165, 1.54) is 36.2 Å². The van der Waals surface area contributed by atoms with Crippen LogP contribution in [0.4, 0.5) is 10.2 Å². The Morgan fingerprint density at radius 1 is 1.32 bits per heavy atom. The van der Waals surface area contributed by atoms with Gasteiger partial charge in [-0.3, -0.25) is 9.05 Å². The van der Waals surface area contributed by atoms with Crippen LogP contribution in [0, 0.1) is 11.2 Å². The van der Waals surface area contributed by atoms with Gasteiger partial charge in [0.25, 0.3) is 0 Å². The highest BCUT2D eigenvalue weighted by Gasteiger charge is 2.56. The second kappa shape index (κ2) is 12.2. The van der Waals surface area contributed by atoms with Gasteiger partial charge in [-0.15, -0.1) is 0 Å². The van der Waals surface area contributed by atoms with Crippen LogP contribution in [0.1, 0.15) is 11.3 Å². The van der Waals surface area contributed by atoms with Crippen LogP contribution in [-0.4, -0.2) is 92.4 Å². The molecule has 2 aromatic heterocycles. The van der Waals surface area contributed by atoms with Gasteiger partial charge in [0.15, 0.2) is 23.0 Å². The molecule has 0 radical (unpaired) electrons. The fraction of sp³-hybridized carbons (Fsp3) is 0.435. The lowest BCUT2D eigenvalue weighted by Gasteiger charge is -2.27. The maximum absolute atomic E-state index is 13.9. The standard InChI is InChI=1S/C23H29FN5O10P/c1-35-17-4-2-13(6-15(17)24)8-36-14(7-30)9-37-40(33,34)38-10-18-20(31)21(32)23(11-25,39-18)19-5-3-16-22(26)27-12-28-29(16)19/h2-6,11-12,14,18,20-21,25,30-32H,7-10H2,1H3,(H,33,34)(H2,26,27,28)/t14-,18-,20?,21?,23+/m1/s1. The van der Waals surface area contributed by atoms with Crippen LogP contribution < -0.4 is 10.5 Å². The Hall–Kier alpha value is -3.05. The third-order valence-electron chi connectivity index (χ3n) is 6.32. The van der Waals surface area contributed by atoms with E-state index in [9.17, 15) is 29.2 Å². The normalized spacial score (nSPS) is 25.1. The molecule has 218 valence electrons. The van der Waals surface area contributed by atoms with Crippen molar-refractivity contribution in [2.45, 2.75) is 36.6 Å². The molecular formula is C23H29FN5O10P. The average Bonchev–Trinajstić information content (AvgIpc) is 3.48. The molecule has 0 spiro atoms. The van der Waals surface area contributed by atoms with Gasteiger partial charge in [-0.25, -0.2) is 18.5 Å². The van der Waals surface area contributed by atoms with Gasteiger partial charge in [0, 0.05) is 6.21 Å². The molecule has 1 aromatic carbocycles. The Morgan fingerprint density at radius 3 is 2.77 bits per heavy atom. The van der Waals surface area contributed by atoms with E-state index in [1.807, 2.05) is 0 Å². The van der Waals surface area contributed by atoms with Crippen molar-refractivity contribution in [2.75, 3.05) is 32.7 Å². The molecule has 1 aliphatic rings. The molecule has 3 heterocycles. The summed E-state index contributed by atoms with van der Waals surface area (Å²) in [6, 6.07) is 7.16. The number of ether oxygens (including phenoxy) is 3. The summed E-state index contributed by atoms with van der Waals surface area (Å²) in [7, 11) is -3.44. The summed E-state index contributed by atoms with van der Waals surface area (Å²) in [6.07, 6.45) is -3.80. The molecule has 7 N–H and O–H groups in total. The zero-order valence-electron chi connectivity index (χ0n) is 21.2. The zero-order chi connectivity index (χ0) is 29.1. The van der Waals surface area contributed by atoms with Gasteiger partial charge >= 0.3 is 7.82 Å². The molecule has 0 bridgehead atoms. The largest absolute Gasteiger partial charge is 0.494 e. The highest BCUT2D eigenvalue weighted by molar-refractivity contribution is 7.47. The molecular weight excluding hydrogens is 556 g/mol. The Balaban J connectivity index is 1.35. The number of benzene rings is 1. The van der Waals surface area contributed by atoms with Crippen molar-refractivity contribution in [3.8, 4) is 5.75 Å². The Morgan fingerprint density at radius 2 is 2.10 bits per heavy atom. The monoisotopic (exact) mass is 585 g/mol. The number of nitrogen functional groups attached to an aromatic ring is 1. The number of nitrogens with one attached hydrogen (secondary N) is 1. The van der Waals surface area contributed by atoms with E-state index in [2.05, 4.69) is 10.1 Å². The number of rotatable bonds is 13. The fourth-order valence-corrected chi connectivity index (χ4v) is 4.95. The van der Waals surface area contributed by atoms with Crippen LogP contribution in [0.5, 0.6) is 5.75 Å². The number of nitrogens with zero attached hydrogens (tertiary/aromatic N) is 3. The summed E-state index contributed by atoms with van der Waals surface area (Å²) in [5.41, 5.74) is 4.90. The lowest BCUT2D eigenvalue weighted by molar-refractivity contribution is -0.0582. The number of phosphoric acid groups is 1. The highest BCUT2D eigenvalue weighted by atomic mass is 31.2. The minimum absolute atomic E-state index is 0.0476. The molecule has 15 nitrogen and oxygen atoms in total. The van der Waals surface area contributed by atoms with Gasteiger partial charge in [0.2, 0.25) is 0 Å². The summed E-state index contributed by atoms with van der Waals surface area (Å²) in [5, 5.41) is 43.0. The van der Waals surface area contributed by atoms with Crippen molar-refractivity contribution in [3.05, 3.63) is 53.7 Å². The minimum Gasteiger partial charge on any atom is -0.494 e. The molecule has 3 aromatic rings. The lowest BCUT2D eigenvalue weighted by atomic mass is 9.92. The molecule has 1 fully saturated rings. The fourth-order valence-electron chi connectivity index (χ4n) is 4.18. The van der Waals surface area contributed by atoms with Crippen LogP contribution in [0.3, 0.4) is 0 Å². The van der Waals surface area contributed by atoms with Gasteiger partial charge < -0.3 is 45.6 Å². The second-order valence-electron chi connectivity index (χ2n) is 8.83. The predicted octanol–water partition coefficient (Wildman–Crippen LogP) is 0.136. The van der Waals surface area contributed by atoms with Gasteiger partial charge in [0.05, 0.1) is 39.2 Å². The Kier molecular flexibility index (Phi) is 9.14. The third kappa shape index (κ3) is 6.00. The van der Waals surface area contributed by atoms with Gasteiger partial charge in [-0.2, -0.15) is 5.10 Å². The molecule has 0 saturated carbocycles. The molecule has 3 unspecified atom stereocenters. The van der Waals surface area contributed by atoms with Crippen molar-refractivity contribution in [1.82, 2.24) is 14.6 Å². The van der Waals surface area contributed by atoms with Crippen LogP contribution in [0.2, 0.25) is 0 Å². The lowest BCUT2D eigenvalue weighted by Crippen LogP contribution is -2.43. The van der Waals surface area contributed by atoms with E-state index in [-0.39, 0.29) is 23.9 Å². The third-order valence-corrected chi connectivity index (χ3v) is 7.27. The SMILES string of the molecule is COc1ccc(CO[C@H](CO)COP(=O)(O)OC[C@H]2O[C@@](C=N)(c3ccc4c(N)ncnn34)C(O)C2O)cc1F. The highest BCUT2D eigenvalue weighted by Crippen LogP contribution is 2.46. The Bertz CT molecular complexity index is 1400. The Labute approximate surface area is 227 Å². The average molecular weight is 585 g/mol. The predicted molar refractivity (Wildman–Crippen MR) is 135 cm³/mol. The van der Waals surface area contributed by atoms with E-state index in [4.69, 9.17) is 34.4 Å². The molecule has 1 aliphatic heterocycles. The summed E-state index contributed by atoms with van der Waals surface area (Å²) in [5.74, 6) is -0.426. The first kappa shape index (κ1) is 29.9. The molecule has 0 amide bonds. The second-order valence-corrected chi connectivity index (χ2v) is 10.3. The molecule has 4 rings (SSSR count). The van der Waals surface area contributed by atoms with E-state index >= 15 is 0 Å². The van der Waals surface area contributed by atoms with E-state index in [0.717, 1.165) is 6.21 Å². The number of hydrogen-bond acceptors (Lipinski definition) is 13. The number of phosphoric ester groups is 1. The molecule has 17 heteroatoms. The first-order valence-electron chi connectivity index (χ1n) is 11.9. The van der Waals surface area contributed by atoms with Crippen molar-refractivity contribution in [2.24, 2.45) is 0 Å². The van der Waals surface area contributed by atoms with Gasteiger partial charge in [0.1, 0.15) is 36.3 Å². The summed E-state index contributed by atoms with van der Waals surface area (Å²) in [4.78, 5) is 14.0. The first-order chi connectivity index (χ1) is 19.0. The van der Waals surface area contributed by atoms with Crippen LogP contribution in [-0.2, 0) is 35.3 Å². The molecule has 6 atom stereocenters. The van der Waals surface area contributed by atoms with Crippen molar-refractivity contribution in [3.63, 3.8) is 0 Å². The van der Waals surface area contributed by atoms with Crippen LogP contribution in [0.15, 0.2) is 36.7 Å². The van der Waals surface area contributed by atoms with E-state index in [0.29, 0.717) is 11.1 Å². The summed E-state index contributed by atoms with van der Waals surface area (Å²) < 4.78 is 53.5. The number of nitrogens with two attached hydrogens (primary N) is 1. The summed E-state index contributed by atoms with van der Waals surface area (Å²) >= 11 is 0. The molecule has 1 saturated heterocycles. The molecule has 40 heavy (non-hydrogen) atoms. The minimum atomic E-state index is -4.77. The number of methoxy groups -OCH3 is 1. The van der Waals surface area contributed by atoms with Gasteiger partial charge in [-0.1, -0.05) is 6.07 Å². The van der Waals surface area contributed by atoms with E-state index in [1.54, 1.807) is 12.1 Å². The summed E-state index contributed by atoms with van der Waals surface area (Å²) in [6.45, 7) is -2.00. The number of aromatic nitrogens is 3. The quantitative estimate of drug-likeness (QED) is 0.116. The number of halogens is 1. The zero-order valence-corrected chi connectivity index (χ0v) is 22.1. The van der Waals surface area contributed by atoms with Crippen molar-refractivity contribution >= 4 is 25.4 Å². The van der Waals surface area contributed by atoms with Crippen LogP contribution in [0.25, 0.3) is 5.52 Å². The first-order valence-corrected chi connectivity index (χ1v) is 13.4. The maximum Gasteiger partial charge on any atom is 0.472 e. The number of aliphatic hydroxyl groups excluding tert-OH is 3. The maximum atomic E-state index is 13.9. The molecule has 0 aliphatic carbocycles. The van der Waals surface area contributed by atoms with Crippen molar-refractivity contribution < 1.29 is 52.4 Å². The number of fused-ring (bicyclic) bond motifs is 1. The van der Waals surface area contributed by atoms with Gasteiger partial charge in [-0.05, 0) is 29.8 Å². The number of anilines is 1. The van der Waals surface area contributed by atoms with Crippen molar-refractivity contribution in [1.29, 1.82) is 5.41 Å². The topological polar surface area (TPSA) is 224 Å².